The molecule has 0 bridgehead atoms. The molecule has 1 aliphatic rings. The fourth-order valence-electron chi connectivity index (χ4n) is 2.20. The zero-order valence-electron chi connectivity index (χ0n) is 7.98. The first-order chi connectivity index (χ1) is 7.46. The van der Waals surface area contributed by atoms with Crippen LogP contribution in [0.25, 0.3) is 10.8 Å². The average Bonchev–Trinajstić information content (AvgIpc) is 2.40. The zero-order chi connectivity index (χ0) is 11.6. The normalized spacial score (nSPS) is 20.2. The standard InChI is InChI=1S/C12H6Cl4/c13-11(14)8-5-1-3-7-4-2-6-9(10(7)8)12(11,15)16/h1-6H. The highest BCUT2D eigenvalue weighted by atomic mass is 35.5. The summed E-state index contributed by atoms with van der Waals surface area (Å²) in [4.78, 5) is 0. The molecule has 0 heterocycles. The molecular formula is C12H6Cl4. The molecule has 2 aromatic carbocycles. The summed E-state index contributed by atoms with van der Waals surface area (Å²) >= 11 is 25.2. The number of hydrogen-bond donors (Lipinski definition) is 0. The van der Waals surface area contributed by atoms with Crippen molar-refractivity contribution in [3.8, 4) is 0 Å². The van der Waals surface area contributed by atoms with E-state index < -0.39 is 8.67 Å². The average molecular weight is 292 g/mol. The molecule has 0 fully saturated rings. The number of halogens is 4. The predicted octanol–water partition coefficient (Wildman–Crippen LogP) is 5.11. The Morgan fingerprint density at radius 1 is 0.688 bits per heavy atom. The Labute approximate surface area is 113 Å². The Morgan fingerprint density at radius 3 is 1.56 bits per heavy atom. The van der Waals surface area contributed by atoms with Crippen LogP contribution >= 0.6 is 46.4 Å². The van der Waals surface area contributed by atoms with Crippen LogP contribution in [0.3, 0.4) is 0 Å². The third-order valence-electron chi connectivity index (χ3n) is 2.98. The maximum atomic E-state index is 6.30. The minimum Gasteiger partial charge on any atom is -0.0925 e. The van der Waals surface area contributed by atoms with Gasteiger partial charge in [0.05, 0.1) is 0 Å². The lowest BCUT2D eigenvalue weighted by atomic mass is 10.1. The summed E-state index contributed by atoms with van der Waals surface area (Å²) in [6, 6.07) is 11.5. The minimum atomic E-state index is -1.31. The van der Waals surface area contributed by atoms with Crippen LogP contribution in [0.5, 0.6) is 0 Å². The molecule has 82 valence electrons. The van der Waals surface area contributed by atoms with Crippen LogP contribution in [0.1, 0.15) is 11.1 Å². The monoisotopic (exact) mass is 290 g/mol. The van der Waals surface area contributed by atoms with E-state index in [2.05, 4.69) is 0 Å². The van der Waals surface area contributed by atoms with Gasteiger partial charge in [0, 0.05) is 0 Å². The lowest BCUT2D eigenvalue weighted by Gasteiger charge is -2.26. The summed E-state index contributed by atoms with van der Waals surface area (Å²) in [5, 5.41) is 2.00. The Kier molecular flexibility index (Phi) is 2.20. The lowest BCUT2D eigenvalue weighted by molar-refractivity contribution is 0.774. The molecule has 1 aliphatic carbocycles. The SMILES string of the molecule is ClC1(Cl)c2cccc3cccc(c23)C1(Cl)Cl. The first-order valence-electron chi connectivity index (χ1n) is 4.74. The second-order valence-electron chi connectivity index (χ2n) is 3.86. The van der Waals surface area contributed by atoms with Crippen molar-refractivity contribution in [1.82, 2.24) is 0 Å². The van der Waals surface area contributed by atoms with E-state index >= 15 is 0 Å². The van der Waals surface area contributed by atoms with Crippen LogP contribution in [0.2, 0.25) is 0 Å². The van der Waals surface area contributed by atoms with Gasteiger partial charge in [-0.15, -0.1) is 0 Å². The van der Waals surface area contributed by atoms with Crippen LogP contribution in [0.15, 0.2) is 36.4 Å². The molecule has 16 heavy (non-hydrogen) atoms. The van der Waals surface area contributed by atoms with Crippen molar-refractivity contribution < 1.29 is 0 Å². The quantitative estimate of drug-likeness (QED) is 0.591. The van der Waals surface area contributed by atoms with Gasteiger partial charge in [-0.05, 0) is 21.9 Å². The third-order valence-corrected chi connectivity index (χ3v) is 5.31. The van der Waals surface area contributed by atoms with Crippen molar-refractivity contribution in [3.63, 3.8) is 0 Å². The van der Waals surface area contributed by atoms with Crippen molar-refractivity contribution >= 4 is 57.2 Å². The van der Waals surface area contributed by atoms with E-state index in [4.69, 9.17) is 46.4 Å². The summed E-state index contributed by atoms with van der Waals surface area (Å²) in [7, 11) is 0. The molecule has 0 saturated heterocycles. The molecule has 0 N–H and O–H groups in total. The van der Waals surface area contributed by atoms with Crippen LogP contribution < -0.4 is 0 Å². The molecular weight excluding hydrogens is 286 g/mol. The van der Waals surface area contributed by atoms with Gasteiger partial charge in [-0.2, -0.15) is 0 Å². The lowest BCUT2D eigenvalue weighted by Crippen LogP contribution is -2.26. The van der Waals surface area contributed by atoms with Gasteiger partial charge in [-0.1, -0.05) is 82.8 Å². The Bertz CT molecular complexity index is 538. The maximum absolute atomic E-state index is 6.30. The van der Waals surface area contributed by atoms with E-state index in [1.807, 2.05) is 36.4 Å². The highest BCUT2D eigenvalue weighted by molar-refractivity contribution is 6.63. The number of alkyl halides is 4. The molecule has 2 aromatic rings. The Balaban J connectivity index is 2.54. The number of rotatable bonds is 0. The van der Waals surface area contributed by atoms with Gasteiger partial charge in [0.25, 0.3) is 0 Å². The fraction of sp³-hybridized carbons (Fsp3) is 0.167. The summed E-state index contributed by atoms with van der Waals surface area (Å²) in [6.07, 6.45) is 0. The smallest absolute Gasteiger partial charge is 0.0925 e. The van der Waals surface area contributed by atoms with Crippen molar-refractivity contribution in [2.45, 2.75) is 8.67 Å². The third kappa shape index (κ3) is 1.14. The molecule has 0 saturated carbocycles. The minimum absolute atomic E-state index is 0.772. The first kappa shape index (κ1) is 11.0. The van der Waals surface area contributed by atoms with Crippen LogP contribution in [0, 0.1) is 0 Å². The van der Waals surface area contributed by atoms with E-state index in [1.165, 1.54) is 0 Å². The molecule has 0 atom stereocenters. The van der Waals surface area contributed by atoms with Gasteiger partial charge in [-0.3, -0.25) is 0 Å². The van der Waals surface area contributed by atoms with Gasteiger partial charge in [0.1, 0.15) is 0 Å². The highest BCUT2D eigenvalue weighted by Crippen LogP contribution is 2.63. The van der Waals surface area contributed by atoms with Gasteiger partial charge in [0.15, 0.2) is 8.67 Å². The van der Waals surface area contributed by atoms with E-state index in [1.54, 1.807) is 0 Å². The van der Waals surface area contributed by atoms with Gasteiger partial charge in [0.2, 0.25) is 0 Å². The van der Waals surface area contributed by atoms with Crippen molar-refractivity contribution in [1.29, 1.82) is 0 Å². The van der Waals surface area contributed by atoms with Crippen molar-refractivity contribution in [2.24, 2.45) is 0 Å². The highest BCUT2D eigenvalue weighted by Gasteiger charge is 2.55. The van der Waals surface area contributed by atoms with Crippen molar-refractivity contribution in [3.05, 3.63) is 47.5 Å². The fourth-order valence-corrected chi connectivity index (χ4v) is 3.24. The topological polar surface area (TPSA) is 0 Å². The summed E-state index contributed by atoms with van der Waals surface area (Å²) in [5.74, 6) is 0. The van der Waals surface area contributed by atoms with Gasteiger partial charge >= 0.3 is 0 Å². The largest absolute Gasteiger partial charge is 0.180 e. The summed E-state index contributed by atoms with van der Waals surface area (Å²) in [5.41, 5.74) is 1.54. The second-order valence-corrected chi connectivity index (χ2v) is 6.51. The predicted molar refractivity (Wildman–Crippen MR) is 70.7 cm³/mol. The van der Waals surface area contributed by atoms with E-state index in [9.17, 15) is 0 Å². The summed E-state index contributed by atoms with van der Waals surface area (Å²) < 4.78 is -2.61. The molecule has 0 nitrogen and oxygen atoms in total. The second kappa shape index (κ2) is 3.20. The molecule has 4 heteroatoms. The van der Waals surface area contributed by atoms with Crippen LogP contribution in [-0.4, -0.2) is 0 Å². The molecule has 0 radical (unpaired) electrons. The van der Waals surface area contributed by atoms with E-state index in [-0.39, 0.29) is 0 Å². The molecule has 3 rings (SSSR count). The maximum Gasteiger partial charge on any atom is 0.180 e. The zero-order valence-corrected chi connectivity index (χ0v) is 11.0. The number of hydrogen-bond acceptors (Lipinski definition) is 0. The first-order valence-corrected chi connectivity index (χ1v) is 6.26. The van der Waals surface area contributed by atoms with Crippen LogP contribution in [-0.2, 0) is 8.67 Å². The molecule has 0 unspecified atom stereocenters. The van der Waals surface area contributed by atoms with E-state index in [0.717, 1.165) is 21.9 Å². The Hall–Kier alpha value is -0.140. The van der Waals surface area contributed by atoms with Crippen LogP contribution in [0.4, 0.5) is 0 Å². The van der Waals surface area contributed by atoms with Crippen molar-refractivity contribution in [2.75, 3.05) is 0 Å². The number of benzene rings is 2. The van der Waals surface area contributed by atoms with Gasteiger partial charge < -0.3 is 0 Å². The molecule has 0 spiro atoms. The molecule has 0 aliphatic heterocycles. The molecule has 0 aromatic heterocycles. The van der Waals surface area contributed by atoms with E-state index in [0.29, 0.717) is 0 Å². The molecule has 0 amide bonds. The Morgan fingerprint density at radius 2 is 1.12 bits per heavy atom. The summed E-state index contributed by atoms with van der Waals surface area (Å²) in [6.45, 7) is 0. The van der Waals surface area contributed by atoms with Gasteiger partial charge in [-0.25, -0.2) is 0 Å².